The van der Waals surface area contributed by atoms with E-state index < -0.39 is 11.9 Å². The van der Waals surface area contributed by atoms with Crippen LogP contribution in [0.2, 0.25) is 0 Å². The molecule has 0 unspecified atom stereocenters. The molecule has 182 valence electrons. The van der Waals surface area contributed by atoms with Crippen LogP contribution in [0, 0.1) is 17.2 Å². The SMILES string of the molecule is N#Cc1ccc(NC(=O)NC=Nc2cc([NH2+]C(=O)CC3CCCC3)ccc2NCCC(N)=O)cc1. The number of nitrogens with zero attached hydrogens (tertiary/aromatic N) is 2. The summed E-state index contributed by atoms with van der Waals surface area (Å²) in [6, 6.07) is 13.3. The Morgan fingerprint density at radius 1 is 1.14 bits per heavy atom. The maximum Gasteiger partial charge on any atom is 0.324 e. The molecule has 1 aliphatic carbocycles. The number of nitrogens with one attached hydrogen (secondary N) is 3. The van der Waals surface area contributed by atoms with Gasteiger partial charge in [-0.1, -0.05) is 12.8 Å². The van der Waals surface area contributed by atoms with E-state index in [-0.39, 0.29) is 12.3 Å². The summed E-state index contributed by atoms with van der Waals surface area (Å²) in [5.74, 6) is 0.122. The molecule has 1 fully saturated rings. The number of primary amides is 2. The Hall–Kier alpha value is -4.23. The molecule has 0 aromatic heterocycles. The molecule has 2 aromatic rings. The van der Waals surface area contributed by atoms with Crippen LogP contribution in [0.15, 0.2) is 47.5 Å². The standard InChI is InChI=1S/C25H29N7O3/c26-15-18-5-7-19(8-6-18)32-25(35)30-16-29-22-14-20(9-10-21(22)28-12-11-23(27)33)31-24(34)13-17-3-1-2-4-17/h5-10,14,16-17,28H,1-4,11-13H2,(H2,27,33)(H,31,34)(H2,29,30,32,35)/p+1. The zero-order valence-corrected chi connectivity index (χ0v) is 19.4. The van der Waals surface area contributed by atoms with Crippen molar-refractivity contribution in [2.75, 3.05) is 17.2 Å². The van der Waals surface area contributed by atoms with Gasteiger partial charge >= 0.3 is 11.9 Å². The number of carbonyl (C=O) groups excluding carboxylic acids is 3. The van der Waals surface area contributed by atoms with Crippen LogP contribution in [0.25, 0.3) is 0 Å². The Kier molecular flexibility index (Phi) is 9.33. The highest BCUT2D eigenvalue weighted by Crippen LogP contribution is 2.28. The first-order chi connectivity index (χ1) is 16.9. The molecule has 7 N–H and O–H groups in total. The molecule has 0 atom stereocenters. The van der Waals surface area contributed by atoms with E-state index in [0.29, 0.717) is 47.2 Å². The van der Waals surface area contributed by atoms with Crippen LogP contribution in [-0.4, -0.2) is 30.7 Å². The molecule has 4 amide bonds. The van der Waals surface area contributed by atoms with Gasteiger partial charge < -0.3 is 16.4 Å². The third kappa shape index (κ3) is 8.57. The number of urea groups is 1. The van der Waals surface area contributed by atoms with Gasteiger partial charge in [-0.25, -0.2) is 14.6 Å². The first-order valence-corrected chi connectivity index (χ1v) is 11.6. The lowest BCUT2D eigenvalue weighted by Gasteiger charge is -2.10. The lowest BCUT2D eigenvalue weighted by atomic mass is 10.0. The van der Waals surface area contributed by atoms with Gasteiger partial charge in [0.15, 0.2) is 0 Å². The van der Waals surface area contributed by atoms with Crippen molar-refractivity contribution in [2.45, 2.75) is 38.5 Å². The molecule has 0 radical (unpaired) electrons. The molecule has 0 bridgehead atoms. The van der Waals surface area contributed by atoms with Crippen LogP contribution >= 0.6 is 0 Å². The summed E-state index contributed by atoms with van der Waals surface area (Å²) < 4.78 is 0. The summed E-state index contributed by atoms with van der Waals surface area (Å²) in [6.07, 6.45) is 6.54. The first kappa shape index (κ1) is 25.4. The van der Waals surface area contributed by atoms with E-state index in [4.69, 9.17) is 11.0 Å². The molecule has 0 spiro atoms. The van der Waals surface area contributed by atoms with Crippen LogP contribution in [0.4, 0.5) is 27.5 Å². The molecule has 0 aliphatic heterocycles. The zero-order chi connectivity index (χ0) is 25.0. The molecule has 10 heteroatoms. The normalized spacial score (nSPS) is 13.3. The Morgan fingerprint density at radius 2 is 1.89 bits per heavy atom. The highest BCUT2D eigenvalue weighted by atomic mass is 16.2. The van der Waals surface area contributed by atoms with Crippen LogP contribution in [-0.2, 0) is 9.59 Å². The Bertz CT molecular complexity index is 1120. The number of carbonyl (C=O) groups is 3. The van der Waals surface area contributed by atoms with Gasteiger partial charge in [0, 0.05) is 30.8 Å². The molecule has 35 heavy (non-hydrogen) atoms. The third-order valence-electron chi connectivity index (χ3n) is 5.67. The fourth-order valence-corrected chi connectivity index (χ4v) is 3.91. The lowest BCUT2D eigenvalue weighted by molar-refractivity contribution is -0.484. The van der Waals surface area contributed by atoms with Crippen molar-refractivity contribution >= 4 is 46.9 Å². The van der Waals surface area contributed by atoms with Gasteiger partial charge in [0.25, 0.3) is 0 Å². The number of benzene rings is 2. The van der Waals surface area contributed by atoms with Crippen molar-refractivity contribution in [3.05, 3.63) is 48.0 Å². The van der Waals surface area contributed by atoms with Gasteiger partial charge in [0.2, 0.25) is 5.91 Å². The van der Waals surface area contributed by atoms with Crippen molar-refractivity contribution in [3.63, 3.8) is 0 Å². The summed E-state index contributed by atoms with van der Waals surface area (Å²) >= 11 is 0. The highest BCUT2D eigenvalue weighted by Gasteiger charge is 2.21. The second kappa shape index (κ2) is 12.9. The molecule has 10 nitrogen and oxygen atoms in total. The smallest absolute Gasteiger partial charge is 0.324 e. The molecule has 1 saturated carbocycles. The topological polar surface area (TPSA) is 166 Å². The quantitative estimate of drug-likeness (QED) is 0.202. The molecular formula is C25H30N7O3+. The first-order valence-electron chi connectivity index (χ1n) is 11.6. The summed E-state index contributed by atoms with van der Waals surface area (Å²) in [5.41, 5.74) is 8.08. The van der Waals surface area contributed by atoms with Gasteiger partial charge in [-0.2, -0.15) is 5.26 Å². The summed E-state index contributed by atoms with van der Waals surface area (Å²) in [6.45, 7) is 0.328. The van der Waals surface area contributed by atoms with Crippen molar-refractivity contribution in [3.8, 4) is 6.07 Å². The van der Waals surface area contributed by atoms with Crippen molar-refractivity contribution in [1.29, 1.82) is 5.26 Å². The average molecular weight is 477 g/mol. The number of amides is 4. The van der Waals surface area contributed by atoms with Gasteiger partial charge in [0.1, 0.15) is 5.69 Å². The van der Waals surface area contributed by atoms with E-state index in [1.54, 1.807) is 41.7 Å². The number of hydrogen-bond donors (Lipinski definition) is 5. The fourth-order valence-electron chi connectivity index (χ4n) is 3.91. The minimum Gasteiger partial charge on any atom is -0.383 e. The number of quaternary nitrogens is 1. The van der Waals surface area contributed by atoms with Crippen molar-refractivity contribution < 1.29 is 19.7 Å². The molecule has 2 aromatic carbocycles. The van der Waals surface area contributed by atoms with Crippen molar-refractivity contribution in [2.24, 2.45) is 16.6 Å². The molecule has 1 aliphatic rings. The van der Waals surface area contributed by atoms with Gasteiger partial charge in [-0.05, 0) is 49.1 Å². The Labute approximate surface area is 204 Å². The summed E-state index contributed by atoms with van der Waals surface area (Å²) in [7, 11) is 0. The van der Waals surface area contributed by atoms with E-state index in [2.05, 4.69) is 20.9 Å². The van der Waals surface area contributed by atoms with Crippen molar-refractivity contribution in [1.82, 2.24) is 5.32 Å². The average Bonchev–Trinajstić information content (AvgIpc) is 3.33. The van der Waals surface area contributed by atoms with E-state index in [1.165, 1.54) is 19.2 Å². The predicted molar refractivity (Wildman–Crippen MR) is 133 cm³/mol. The van der Waals surface area contributed by atoms with Crippen LogP contribution in [0.3, 0.4) is 0 Å². The van der Waals surface area contributed by atoms with Gasteiger partial charge in [0.05, 0.1) is 35.8 Å². The minimum atomic E-state index is -0.504. The Balaban J connectivity index is 1.64. The number of anilines is 2. The lowest BCUT2D eigenvalue weighted by Crippen LogP contribution is -2.82. The fraction of sp³-hybridized carbons (Fsp3) is 0.320. The highest BCUT2D eigenvalue weighted by molar-refractivity contribution is 5.97. The second-order valence-corrected chi connectivity index (χ2v) is 8.43. The maximum absolute atomic E-state index is 12.5. The van der Waals surface area contributed by atoms with Crippen LogP contribution in [0.5, 0.6) is 0 Å². The number of aliphatic imine (C=N–C) groups is 1. The van der Waals surface area contributed by atoms with Gasteiger partial charge in [-0.15, -0.1) is 0 Å². The van der Waals surface area contributed by atoms with Gasteiger partial charge in [-0.3, -0.25) is 15.4 Å². The zero-order valence-electron chi connectivity index (χ0n) is 19.4. The monoisotopic (exact) mass is 476 g/mol. The van der Waals surface area contributed by atoms with E-state index in [9.17, 15) is 14.4 Å². The molecule has 0 saturated heterocycles. The summed E-state index contributed by atoms with van der Waals surface area (Å²) in [5, 5.41) is 18.8. The van der Waals surface area contributed by atoms with Crippen LogP contribution < -0.4 is 27.0 Å². The molecular weight excluding hydrogens is 446 g/mol. The number of nitrogens with two attached hydrogens (primary N) is 2. The summed E-state index contributed by atoms with van der Waals surface area (Å²) in [4.78, 5) is 40.1. The van der Waals surface area contributed by atoms with Crippen LogP contribution in [0.1, 0.15) is 44.1 Å². The third-order valence-corrected chi connectivity index (χ3v) is 5.67. The number of rotatable bonds is 10. The minimum absolute atomic E-state index is 0.0844. The number of hydrogen-bond acceptors (Lipinski definition) is 6. The Morgan fingerprint density at radius 3 is 2.57 bits per heavy atom. The van der Waals surface area contributed by atoms with E-state index >= 15 is 0 Å². The van der Waals surface area contributed by atoms with E-state index in [1.807, 2.05) is 12.1 Å². The molecule has 0 heterocycles. The number of nitriles is 1. The second-order valence-electron chi connectivity index (χ2n) is 8.43. The molecule has 3 rings (SSSR count). The predicted octanol–water partition coefficient (Wildman–Crippen LogP) is 2.63. The maximum atomic E-state index is 12.5. The van der Waals surface area contributed by atoms with E-state index in [0.717, 1.165) is 12.8 Å². The largest absolute Gasteiger partial charge is 0.383 e.